The number of hydrogen-bond donors (Lipinski definition) is 0. The van der Waals surface area contributed by atoms with E-state index in [9.17, 15) is 0 Å². The van der Waals surface area contributed by atoms with Crippen LogP contribution in [0.4, 0.5) is 0 Å². The Labute approximate surface area is 68.5 Å². The zero-order chi connectivity index (χ0) is 0. The maximum absolute atomic E-state index is 0. The Kier molecular flexibility index (Phi) is 474000. The van der Waals surface area contributed by atoms with Crippen molar-refractivity contribution in [3.8, 4) is 0 Å². The van der Waals surface area contributed by atoms with Gasteiger partial charge in [0.25, 0.3) is 0 Å². The van der Waals surface area contributed by atoms with Gasteiger partial charge in [0, 0.05) is 17.1 Å². The van der Waals surface area contributed by atoms with Gasteiger partial charge in [0.2, 0.25) is 0 Å². The fourth-order valence-corrected chi connectivity index (χ4v) is 0. The van der Waals surface area contributed by atoms with Gasteiger partial charge in [-0.05, 0) is 0 Å². The van der Waals surface area contributed by atoms with Crippen molar-refractivity contribution in [1.82, 2.24) is 0 Å². The van der Waals surface area contributed by atoms with Gasteiger partial charge in [-0.25, -0.2) is 0 Å². The van der Waals surface area contributed by atoms with E-state index in [0.29, 0.717) is 0 Å². The van der Waals surface area contributed by atoms with E-state index in [1.54, 1.807) is 0 Å². The van der Waals surface area contributed by atoms with Gasteiger partial charge in [0.15, 0.2) is 0 Å². The van der Waals surface area contributed by atoms with E-state index in [1.165, 1.54) is 0 Å². The summed E-state index contributed by atoms with van der Waals surface area (Å²) in [5.41, 5.74) is 0. The summed E-state index contributed by atoms with van der Waals surface area (Å²) in [5.74, 6) is 0. The van der Waals surface area contributed by atoms with Crippen molar-refractivity contribution in [3.05, 3.63) is 0 Å². The molecule has 0 unspecified atom stereocenters. The summed E-state index contributed by atoms with van der Waals surface area (Å²) in [6, 6.07) is 0. The van der Waals surface area contributed by atoms with Crippen LogP contribution in [0, 0.1) is 0 Å². The Hall–Kier alpha value is 0.529. The molecule has 0 aliphatic rings. The molecule has 0 aromatic rings. The van der Waals surface area contributed by atoms with Gasteiger partial charge in [-0.15, -0.1) is 12.4 Å². The van der Waals surface area contributed by atoms with Crippen molar-refractivity contribution in [2.75, 3.05) is 0 Å². The van der Waals surface area contributed by atoms with Crippen molar-refractivity contribution in [2.45, 2.75) is 0 Å². The van der Waals surface area contributed by atoms with Crippen molar-refractivity contribution in [1.29, 1.82) is 0 Å². The summed E-state index contributed by atoms with van der Waals surface area (Å²) in [6.07, 6.45) is 0. The van der Waals surface area contributed by atoms with Crippen LogP contribution in [0.5, 0.6) is 0 Å². The predicted octanol–water partition coefficient (Wildman–Crippen LogP) is -5.35. The summed E-state index contributed by atoms with van der Waals surface area (Å²) >= 11 is 0. The maximum atomic E-state index is 0. The Balaban J connectivity index is 0. The van der Waals surface area contributed by atoms with Crippen molar-refractivity contribution in [3.63, 3.8) is 0 Å². The van der Waals surface area contributed by atoms with Crippen LogP contribution in [0.25, 0.3) is 0 Å². The van der Waals surface area contributed by atoms with Crippen molar-refractivity contribution in [2.24, 2.45) is 0 Å². The molecule has 0 bridgehead atoms. The van der Waals surface area contributed by atoms with E-state index >= 15 is 0 Å². The molecule has 0 saturated heterocycles. The van der Waals surface area contributed by atoms with Crippen LogP contribution >= 0.6 is 12.4 Å². The number of hydrogen-bond acceptors (Lipinski definition) is 0. The zero-order valence-corrected chi connectivity index (χ0v) is 6.28. The standard InChI is InChI=1S/ClH.Mn.7H2O/h1H;;7*1H2. The molecule has 1 radical (unpaired) electrons. The molecule has 0 amide bonds. The van der Waals surface area contributed by atoms with Gasteiger partial charge < -0.3 is 38.3 Å². The molecule has 0 aromatic carbocycles. The van der Waals surface area contributed by atoms with Crippen LogP contribution in [-0.2, 0) is 17.1 Å². The zero-order valence-electron chi connectivity index (χ0n) is 4.29. The molecule has 9 heteroatoms. The molecule has 0 heterocycles. The van der Waals surface area contributed by atoms with Gasteiger partial charge in [-0.1, -0.05) is 0 Å². The van der Waals surface area contributed by atoms with Crippen LogP contribution in [0.2, 0.25) is 0 Å². The first-order valence-electron chi connectivity index (χ1n) is 0. The average molecular weight is 218 g/mol. The van der Waals surface area contributed by atoms with Gasteiger partial charge in [-0.3, -0.25) is 0 Å². The first-order valence-corrected chi connectivity index (χ1v) is 0. The summed E-state index contributed by atoms with van der Waals surface area (Å²) in [5, 5.41) is 0. The van der Waals surface area contributed by atoms with E-state index in [4.69, 9.17) is 0 Å². The van der Waals surface area contributed by atoms with Crippen LogP contribution in [0.15, 0.2) is 0 Å². The topological polar surface area (TPSA) is 220 Å². The summed E-state index contributed by atoms with van der Waals surface area (Å²) < 4.78 is 0. The van der Waals surface area contributed by atoms with Gasteiger partial charge in [0.1, 0.15) is 0 Å². The Morgan fingerprint density at radius 2 is 0.333 bits per heavy atom. The maximum Gasteiger partial charge on any atom is 0 e. The van der Waals surface area contributed by atoms with Crippen molar-refractivity contribution < 1.29 is 55.4 Å². The Morgan fingerprint density at radius 1 is 0.333 bits per heavy atom. The molecular weight excluding hydrogens is 202 g/mol. The molecule has 0 fully saturated rings. The van der Waals surface area contributed by atoms with Gasteiger partial charge in [-0.2, -0.15) is 0 Å². The minimum atomic E-state index is 0. The summed E-state index contributed by atoms with van der Waals surface area (Å²) in [6.45, 7) is 0. The molecule has 7 nitrogen and oxygen atoms in total. The molecule has 0 aromatic heterocycles. The number of rotatable bonds is 0. The molecule has 71 valence electrons. The Bertz CT molecular complexity index is 8.88. The van der Waals surface area contributed by atoms with E-state index in [2.05, 4.69) is 0 Å². The molecule has 0 aliphatic heterocycles. The first-order chi connectivity index (χ1) is 0. The van der Waals surface area contributed by atoms with Gasteiger partial charge >= 0.3 is 0 Å². The third-order valence-corrected chi connectivity index (χ3v) is 0. The van der Waals surface area contributed by atoms with E-state index in [-0.39, 0.29) is 67.8 Å². The smallest absolute Gasteiger partial charge is 0 e. The second-order valence-corrected chi connectivity index (χ2v) is 0. The molecule has 14 N–H and O–H groups in total. The molecule has 0 saturated carbocycles. The molecule has 0 spiro atoms. The van der Waals surface area contributed by atoms with Crippen LogP contribution in [0.1, 0.15) is 0 Å². The van der Waals surface area contributed by atoms with Crippen LogP contribution in [0.3, 0.4) is 0 Å². The normalized spacial score (nSPS) is 0. The second kappa shape index (κ2) is 1720. The van der Waals surface area contributed by atoms with E-state index in [0.717, 1.165) is 0 Å². The molecule has 0 atom stereocenters. The van der Waals surface area contributed by atoms with Crippen LogP contribution in [-0.4, -0.2) is 38.3 Å². The third-order valence-electron chi connectivity index (χ3n) is 0. The fraction of sp³-hybridized carbons (Fsp3) is 0. The minimum absolute atomic E-state index is 0. The van der Waals surface area contributed by atoms with Crippen LogP contribution < -0.4 is 0 Å². The average Bonchev–Trinajstić information content (AvgIpc) is 0. The SMILES string of the molecule is Cl.O.O.O.O.O.O.O.[Mn]. The quantitative estimate of drug-likeness (QED) is 0.347. The minimum Gasteiger partial charge on any atom is -0.412 e. The monoisotopic (exact) mass is 217 g/mol. The molecule has 9 heavy (non-hydrogen) atoms. The molecule has 0 rings (SSSR count). The summed E-state index contributed by atoms with van der Waals surface area (Å²) in [7, 11) is 0. The molecule has 0 aliphatic carbocycles. The molecular formula is H15ClMnO7. The third kappa shape index (κ3) is 1300. The first kappa shape index (κ1) is 2470. The largest absolute Gasteiger partial charge is 0.412 e. The fourth-order valence-electron chi connectivity index (χ4n) is 0. The van der Waals surface area contributed by atoms with E-state index < -0.39 is 0 Å². The predicted molar refractivity (Wildman–Crippen MR) is 32.5 cm³/mol. The van der Waals surface area contributed by atoms with Crippen molar-refractivity contribution >= 4 is 12.4 Å². The Morgan fingerprint density at radius 3 is 0.333 bits per heavy atom. The number of halogens is 1. The summed E-state index contributed by atoms with van der Waals surface area (Å²) in [4.78, 5) is 0. The van der Waals surface area contributed by atoms with Gasteiger partial charge in [0.05, 0.1) is 0 Å². The second-order valence-electron chi connectivity index (χ2n) is 0. The van der Waals surface area contributed by atoms with E-state index in [1.807, 2.05) is 0 Å².